The Morgan fingerprint density at radius 1 is 1.33 bits per heavy atom. The average molecular weight is 332 g/mol. The molecule has 0 radical (unpaired) electrons. The van der Waals surface area contributed by atoms with Gasteiger partial charge >= 0.3 is 0 Å². The van der Waals surface area contributed by atoms with Crippen molar-refractivity contribution in [2.24, 2.45) is 0 Å². The summed E-state index contributed by atoms with van der Waals surface area (Å²) >= 11 is 0. The maximum absolute atomic E-state index is 13.1. The molecule has 0 atom stereocenters. The summed E-state index contributed by atoms with van der Waals surface area (Å²) in [7, 11) is 0. The van der Waals surface area contributed by atoms with Crippen LogP contribution in [0.1, 0.15) is 29.8 Å². The molecule has 126 valence electrons. The van der Waals surface area contributed by atoms with Crippen LogP contribution in [0.5, 0.6) is 0 Å². The summed E-state index contributed by atoms with van der Waals surface area (Å²) in [5.41, 5.74) is 2.94. The highest BCUT2D eigenvalue weighted by atomic mass is 19.2. The molecule has 0 saturated heterocycles. The number of anilines is 1. The first-order valence-electron chi connectivity index (χ1n) is 7.57. The topological polar surface area (TPSA) is 70.7 Å². The maximum atomic E-state index is 13.1. The van der Waals surface area contributed by atoms with E-state index >= 15 is 0 Å². The molecule has 2 aromatic rings. The number of nitrogens with zero attached hydrogens (tertiary/aromatic N) is 3. The summed E-state index contributed by atoms with van der Waals surface area (Å²) in [6.45, 7) is 4.28. The SMILES string of the molecule is Cc1nn(CCC#N)c(C)c1CCC(=O)Nc1ccc(F)c(F)c1. The number of hydrogen-bond acceptors (Lipinski definition) is 3. The number of hydrogen-bond donors (Lipinski definition) is 1. The zero-order chi connectivity index (χ0) is 17.7. The number of benzene rings is 1. The molecule has 1 N–H and O–H groups in total. The van der Waals surface area contributed by atoms with Gasteiger partial charge in [0.05, 0.1) is 24.7 Å². The molecule has 5 nitrogen and oxygen atoms in total. The number of carbonyl (C=O) groups is 1. The molecule has 0 aliphatic rings. The summed E-state index contributed by atoms with van der Waals surface area (Å²) in [6.07, 6.45) is 1.06. The van der Waals surface area contributed by atoms with Crippen molar-refractivity contribution >= 4 is 11.6 Å². The molecule has 0 bridgehead atoms. The number of carbonyl (C=O) groups excluding carboxylic acids is 1. The Morgan fingerprint density at radius 2 is 2.08 bits per heavy atom. The first-order chi connectivity index (χ1) is 11.4. The van der Waals surface area contributed by atoms with Gasteiger partial charge in [-0.1, -0.05) is 0 Å². The van der Waals surface area contributed by atoms with Gasteiger partial charge in [0, 0.05) is 23.9 Å². The zero-order valence-electron chi connectivity index (χ0n) is 13.6. The summed E-state index contributed by atoms with van der Waals surface area (Å²) in [4.78, 5) is 12.0. The van der Waals surface area contributed by atoms with Crippen LogP contribution in [0.3, 0.4) is 0 Å². The van der Waals surface area contributed by atoms with E-state index in [1.54, 1.807) is 4.68 Å². The van der Waals surface area contributed by atoms with Gasteiger partial charge in [-0.3, -0.25) is 9.48 Å². The average Bonchev–Trinajstić information content (AvgIpc) is 2.81. The third-order valence-electron chi connectivity index (χ3n) is 3.77. The van der Waals surface area contributed by atoms with Crippen molar-refractivity contribution in [1.82, 2.24) is 9.78 Å². The van der Waals surface area contributed by atoms with Gasteiger partial charge in [-0.25, -0.2) is 8.78 Å². The Morgan fingerprint density at radius 3 is 2.75 bits per heavy atom. The van der Waals surface area contributed by atoms with E-state index in [4.69, 9.17) is 5.26 Å². The second-order valence-electron chi connectivity index (χ2n) is 5.46. The van der Waals surface area contributed by atoms with Crippen LogP contribution in [0.4, 0.5) is 14.5 Å². The van der Waals surface area contributed by atoms with Crippen molar-refractivity contribution in [3.8, 4) is 6.07 Å². The molecule has 1 aromatic carbocycles. The Bertz CT molecular complexity index is 793. The van der Waals surface area contributed by atoms with E-state index in [0.29, 0.717) is 19.4 Å². The highest BCUT2D eigenvalue weighted by Gasteiger charge is 2.13. The molecule has 2 rings (SSSR count). The van der Waals surface area contributed by atoms with Crippen LogP contribution < -0.4 is 5.32 Å². The standard InChI is InChI=1S/C17H18F2N4O/c1-11-14(12(2)23(22-11)9-3-8-20)5-7-17(24)21-13-4-6-15(18)16(19)10-13/h4,6,10H,3,5,7,9H2,1-2H3,(H,21,24). The number of halogens is 2. The number of aryl methyl sites for hydroxylation is 2. The van der Waals surface area contributed by atoms with Crippen LogP contribution in [0.15, 0.2) is 18.2 Å². The van der Waals surface area contributed by atoms with E-state index in [1.807, 2.05) is 13.8 Å². The first-order valence-corrected chi connectivity index (χ1v) is 7.57. The van der Waals surface area contributed by atoms with Gasteiger partial charge in [0.15, 0.2) is 11.6 Å². The Balaban J connectivity index is 1.97. The molecule has 0 unspecified atom stereocenters. The Kier molecular flexibility index (Phi) is 5.64. The van der Waals surface area contributed by atoms with Crippen LogP contribution in [0.25, 0.3) is 0 Å². The lowest BCUT2D eigenvalue weighted by Gasteiger charge is -2.06. The van der Waals surface area contributed by atoms with E-state index < -0.39 is 11.6 Å². The summed E-state index contributed by atoms with van der Waals surface area (Å²) in [5.74, 6) is -2.24. The van der Waals surface area contributed by atoms with Gasteiger partial charge in [0.1, 0.15) is 0 Å². The van der Waals surface area contributed by atoms with E-state index in [2.05, 4.69) is 16.5 Å². The fourth-order valence-corrected chi connectivity index (χ4v) is 2.51. The lowest BCUT2D eigenvalue weighted by Crippen LogP contribution is -2.13. The molecule has 0 fully saturated rings. The summed E-state index contributed by atoms with van der Waals surface area (Å²) in [6, 6.07) is 5.31. The van der Waals surface area contributed by atoms with E-state index in [-0.39, 0.29) is 18.0 Å². The fraction of sp³-hybridized carbons (Fsp3) is 0.353. The van der Waals surface area contributed by atoms with Gasteiger partial charge in [-0.2, -0.15) is 10.4 Å². The van der Waals surface area contributed by atoms with Crippen LogP contribution >= 0.6 is 0 Å². The van der Waals surface area contributed by atoms with Crippen molar-refractivity contribution in [2.75, 3.05) is 5.32 Å². The normalized spacial score (nSPS) is 10.5. The molecule has 24 heavy (non-hydrogen) atoms. The molecule has 0 aliphatic heterocycles. The van der Waals surface area contributed by atoms with Crippen molar-refractivity contribution in [3.63, 3.8) is 0 Å². The van der Waals surface area contributed by atoms with Crippen LogP contribution in [0.2, 0.25) is 0 Å². The largest absolute Gasteiger partial charge is 0.326 e. The second kappa shape index (κ2) is 7.68. The van der Waals surface area contributed by atoms with Gasteiger partial charge in [0.25, 0.3) is 0 Å². The van der Waals surface area contributed by atoms with E-state index in [1.165, 1.54) is 6.07 Å². The summed E-state index contributed by atoms with van der Waals surface area (Å²) < 4.78 is 27.8. The van der Waals surface area contributed by atoms with Gasteiger partial charge < -0.3 is 5.32 Å². The predicted molar refractivity (Wildman–Crippen MR) is 85.2 cm³/mol. The minimum atomic E-state index is -1.00. The van der Waals surface area contributed by atoms with Gasteiger partial charge in [0.2, 0.25) is 5.91 Å². The summed E-state index contributed by atoms with van der Waals surface area (Å²) in [5, 5.41) is 15.6. The van der Waals surface area contributed by atoms with Crippen LogP contribution in [-0.2, 0) is 17.8 Å². The number of nitriles is 1. The molecule has 0 spiro atoms. The number of aromatic nitrogens is 2. The minimum absolute atomic E-state index is 0.199. The number of nitrogens with one attached hydrogen (secondary N) is 1. The van der Waals surface area contributed by atoms with Crippen LogP contribution in [-0.4, -0.2) is 15.7 Å². The molecule has 1 heterocycles. The third-order valence-corrected chi connectivity index (χ3v) is 3.77. The zero-order valence-corrected chi connectivity index (χ0v) is 13.6. The van der Waals surface area contributed by atoms with E-state index in [9.17, 15) is 13.6 Å². The lowest BCUT2D eigenvalue weighted by atomic mass is 10.1. The predicted octanol–water partition coefficient (Wildman–Crippen LogP) is 3.26. The maximum Gasteiger partial charge on any atom is 0.224 e. The van der Waals surface area contributed by atoms with E-state index in [0.717, 1.165) is 29.1 Å². The minimum Gasteiger partial charge on any atom is -0.326 e. The highest BCUT2D eigenvalue weighted by Crippen LogP contribution is 2.17. The van der Waals surface area contributed by atoms with Gasteiger partial charge in [-0.05, 0) is 38.0 Å². The van der Waals surface area contributed by atoms with Crippen molar-refractivity contribution in [2.45, 2.75) is 39.7 Å². The molecule has 1 amide bonds. The number of rotatable bonds is 6. The Labute approximate surface area is 138 Å². The quantitative estimate of drug-likeness (QED) is 0.882. The molecular formula is C17H18F2N4O. The molecule has 0 aliphatic carbocycles. The van der Waals surface area contributed by atoms with Crippen LogP contribution in [0, 0.1) is 36.8 Å². The highest BCUT2D eigenvalue weighted by molar-refractivity contribution is 5.90. The molecule has 1 aromatic heterocycles. The second-order valence-corrected chi connectivity index (χ2v) is 5.46. The lowest BCUT2D eigenvalue weighted by molar-refractivity contribution is -0.116. The number of amides is 1. The smallest absolute Gasteiger partial charge is 0.224 e. The first kappa shape index (κ1) is 17.6. The van der Waals surface area contributed by atoms with Crippen molar-refractivity contribution in [3.05, 3.63) is 46.8 Å². The molecular weight excluding hydrogens is 314 g/mol. The Hall–Kier alpha value is -2.75. The molecule has 0 saturated carbocycles. The fourth-order valence-electron chi connectivity index (χ4n) is 2.51. The molecule has 7 heteroatoms. The third kappa shape index (κ3) is 4.16. The van der Waals surface area contributed by atoms with Crippen molar-refractivity contribution in [1.29, 1.82) is 5.26 Å². The monoisotopic (exact) mass is 332 g/mol. The van der Waals surface area contributed by atoms with Gasteiger partial charge in [-0.15, -0.1) is 0 Å². The van der Waals surface area contributed by atoms with Crippen molar-refractivity contribution < 1.29 is 13.6 Å².